The van der Waals surface area contributed by atoms with Gasteiger partial charge in [-0.1, -0.05) is 24.3 Å². The van der Waals surface area contributed by atoms with E-state index in [1.165, 1.54) is 0 Å². The summed E-state index contributed by atoms with van der Waals surface area (Å²) in [5.41, 5.74) is 5.91. The number of nitrogens with zero attached hydrogens (tertiary/aromatic N) is 2. The van der Waals surface area contributed by atoms with Crippen LogP contribution in [0, 0.1) is 0 Å². The van der Waals surface area contributed by atoms with Crippen LogP contribution in [0.15, 0.2) is 47.7 Å². The summed E-state index contributed by atoms with van der Waals surface area (Å²) < 4.78 is 0. The maximum atomic E-state index is 10.6. The van der Waals surface area contributed by atoms with Crippen molar-refractivity contribution in [3.63, 3.8) is 0 Å². The third kappa shape index (κ3) is 2.77. The minimum atomic E-state index is -0.807. The van der Waals surface area contributed by atoms with Gasteiger partial charge in [0.05, 0.1) is 11.4 Å². The fraction of sp³-hybridized carbons (Fsp3) is 0.368. The van der Waals surface area contributed by atoms with Crippen molar-refractivity contribution in [1.82, 2.24) is 21.0 Å². The maximum absolute atomic E-state index is 10.6. The number of fused-ring (bicyclic) bond motifs is 1. The number of benzene rings is 1. The van der Waals surface area contributed by atoms with Gasteiger partial charge in [0.25, 0.3) is 0 Å². The molecule has 6 heteroatoms. The van der Waals surface area contributed by atoms with Gasteiger partial charge in [0.15, 0.2) is 5.66 Å². The molecule has 2 aromatic rings. The third-order valence-corrected chi connectivity index (χ3v) is 4.97. The van der Waals surface area contributed by atoms with Crippen molar-refractivity contribution >= 4 is 5.71 Å². The van der Waals surface area contributed by atoms with Crippen LogP contribution in [-0.2, 0) is 5.66 Å². The second kappa shape index (κ2) is 6.46. The van der Waals surface area contributed by atoms with Gasteiger partial charge in [-0.15, -0.1) is 0 Å². The number of aromatic nitrogens is 1. The lowest BCUT2D eigenvalue weighted by molar-refractivity contribution is 0.244. The number of pyridine rings is 1. The Balaban J connectivity index is 1.87. The highest BCUT2D eigenvalue weighted by Crippen LogP contribution is 2.37. The van der Waals surface area contributed by atoms with Gasteiger partial charge < -0.3 is 10.4 Å². The zero-order chi connectivity index (χ0) is 17.3. The zero-order valence-corrected chi connectivity index (χ0v) is 14.3. The van der Waals surface area contributed by atoms with E-state index in [2.05, 4.69) is 26.1 Å². The number of hydrogen-bond donors (Lipinski definition) is 4. The molecule has 1 aromatic carbocycles. The normalized spacial score (nSPS) is 25.6. The first-order chi connectivity index (χ1) is 12.2. The maximum Gasteiger partial charge on any atom is 0.162 e. The second-order valence-electron chi connectivity index (χ2n) is 6.66. The number of para-hydroxylation sites is 1. The molecule has 0 radical (unpaired) electrons. The first-order valence-electron chi connectivity index (χ1n) is 8.75. The van der Waals surface area contributed by atoms with Crippen LogP contribution in [0.3, 0.4) is 0 Å². The van der Waals surface area contributed by atoms with Gasteiger partial charge in [-0.25, -0.2) is 0 Å². The molecular formula is C19H23N5O. The summed E-state index contributed by atoms with van der Waals surface area (Å²) in [5, 5.41) is 22.3. The van der Waals surface area contributed by atoms with Crippen molar-refractivity contribution in [1.29, 1.82) is 0 Å². The molecule has 1 fully saturated rings. The van der Waals surface area contributed by atoms with Crippen LogP contribution in [-0.4, -0.2) is 34.9 Å². The second-order valence-corrected chi connectivity index (χ2v) is 6.66. The summed E-state index contributed by atoms with van der Waals surface area (Å²) in [4.78, 5) is 4.54. The number of nitrogens with one attached hydrogen (secondary N) is 3. The molecule has 2 aliphatic heterocycles. The van der Waals surface area contributed by atoms with Crippen LogP contribution in [0.2, 0.25) is 0 Å². The SMILES string of the molecule is CC1=NN[C@@](NC2CCCNC2)(c2ccccc2O)c2cccnc21. The predicted octanol–water partition coefficient (Wildman–Crippen LogP) is 1.66. The molecule has 25 heavy (non-hydrogen) atoms. The summed E-state index contributed by atoms with van der Waals surface area (Å²) in [5.74, 6) is 0.232. The summed E-state index contributed by atoms with van der Waals surface area (Å²) in [6, 6.07) is 11.6. The highest BCUT2D eigenvalue weighted by Gasteiger charge is 2.42. The number of rotatable bonds is 3. The molecule has 0 aliphatic carbocycles. The van der Waals surface area contributed by atoms with Crippen molar-refractivity contribution in [2.45, 2.75) is 31.5 Å². The van der Waals surface area contributed by atoms with Crippen LogP contribution >= 0.6 is 0 Å². The lowest BCUT2D eigenvalue weighted by Gasteiger charge is -2.42. The number of piperidine rings is 1. The lowest BCUT2D eigenvalue weighted by Crippen LogP contribution is -2.61. The van der Waals surface area contributed by atoms with Gasteiger partial charge in [0, 0.05) is 29.9 Å². The van der Waals surface area contributed by atoms with E-state index < -0.39 is 5.66 Å². The monoisotopic (exact) mass is 337 g/mol. The van der Waals surface area contributed by atoms with E-state index in [0.29, 0.717) is 0 Å². The summed E-state index contributed by atoms with van der Waals surface area (Å²) >= 11 is 0. The number of hydrazone groups is 1. The van der Waals surface area contributed by atoms with Crippen LogP contribution in [0.1, 0.15) is 36.6 Å². The van der Waals surface area contributed by atoms with Crippen LogP contribution in [0.25, 0.3) is 0 Å². The molecule has 3 heterocycles. The van der Waals surface area contributed by atoms with E-state index in [1.54, 1.807) is 12.3 Å². The van der Waals surface area contributed by atoms with Crippen molar-refractivity contribution in [3.8, 4) is 5.75 Å². The first-order valence-corrected chi connectivity index (χ1v) is 8.75. The van der Waals surface area contributed by atoms with Gasteiger partial charge in [0.2, 0.25) is 0 Å². The van der Waals surface area contributed by atoms with Gasteiger partial charge in [-0.3, -0.25) is 15.7 Å². The topological polar surface area (TPSA) is 81.6 Å². The first kappa shape index (κ1) is 16.1. The minimum Gasteiger partial charge on any atom is -0.508 e. The summed E-state index contributed by atoms with van der Waals surface area (Å²) in [7, 11) is 0. The Morgan fingerprint density at radius 3 is 2.84 bits per heavy atom. The van der Waals surface area contributed by atoms with Gasteiger partial charge in [-0.2, -0.15) is 5.10 Å². The molecule has 6 nitrogen and oxygen atoms in total. The average molecular weight is 337 g/mol. The minimum absolute atomic E-state index is 0.232. The Bertz CT molecular complexity index is 800. The van der Waals surface area contributed by atoms with Crippen molar-refractivity contribution in [2.75, 3.05) is 13.1 Å². The highest BCUT2D eigenvalue weighted by molar-refractivity contribution is 5.99. The molecule has 0 saturated carbocycles. The smallest absolute Gasteiger partial charge is 0.162 e. The standard InChI is InChI=1S/C19H23N5O/c1-13-18-16(8-5-11-21-18)19(24-23-13,15-7-2-3-9-17(15)25)22-14-6-4-10-20-12-14/h2-3,5,7-9,11,14,20,22,24-25H,4,6,10,12H2,1H3/t14?,19-/m0/s1. The Morgan fingerprint density at radius 1 is 1.20 bits per heavy atom. The van der Waals surface area contributed by atoms with Crippen LogP contribution in [0.5, 0.6) is 5.75 Å². The molecular weight excluding hydrogens is 314 g/mol. The van der Waals surface area contributed by atoms with Crippen molar-refractivity contribution in [3.05, 3.63) is 59.4 Å². The molecule has 1 unspecified atom stereocenters. The quantitative estimate of drug-likeness (QED) is 0.685. The fourth-order valence-electron chi connectivity index (χ4n) is 3.74. The van der Waals surface area contributed by atoms with Crippen molar-refractivity contribution < 1.29 is 5.11 Å². The zero-order valence-electron chi connectivity index (χ0n) is 14.3. The predicted molar refractivity (Wildman–Crippen MR) is 97.5 cm³/mol. The Hall–Kier alpha value is -2.44. The van der Waals surface area contributed by atoms with Gasteiger partial charge in [0.1, 0.15) is 5.75 Å². The van der Waals surface area contributed by atoms with E-state index in [0.717, 1.165) is 48.5 Å². The van der Waals surface area contributed by atoms with Crippen LogP contribution in [0.4, 0.5) is 0 Å². The van der Waals surface area contributed by atoms with E-state index in [4.69, 9.17) is 0 Å². The van der Waals surface area contributed by atoms with Crippen molar-refractivity contribution in [2.24, 2.45) is 5.10 Å². The molecule has 4 N–H and O–H groups in total. The average Bonchev–Trinajstić information content (AvgIpc) is 2.66. The Labute approximate surface area is 147 Å². The number of phenols is 1. The number of aromatic hydroxyl groups is 1. The molecule has 0 spiro atoms. The van der Waals surface area contributed by atoms with Gasteiger partial charge in [-0.05, 0) is 38.4 Å². The van der Waals surface area contributed by atoms with E-state index in [-0.39, 0.29) is 11.8 Å². The number of phenolic OH excluding ortho intramolecular Hbond substituents is 1. The molecule has 4 rings (SSSR count). The molecule has 2 atom stereocenters. The summed E-state index contributed by atoms with van der Waals surface area (Å²) in [6.07, 6.45) is 3.97. The van der Waals surface area contributed by atoms with E-state index in [1.807, 2.05) is 37.3 Å². The Kier molecular flexibility index (Phi) is 4.15. The number of hydrogen-bond acceptors (Lipinski definition) is 6. The molecule has 0 amide bonds. The lowest BCUT2D eigenvalue weighted by atomic mass is 9.86. The molecule has 1 saturated heterocycles. The molecule has 130 valence electrons. The fourth-order valence-corrected chi connectivity index (χ4v) is 3.74. The Morgan fingerprint density at radius 2 is 2.04 bits per heavy atom. The highest BCUT2D eigenvalue weighted by atomic mass is 16.3. The van der Waals surface area contributed by atoms with Crippen LogP contribution < -0.4 is 16.1 Å². The van der Waals surface area contributed by atoms with E-state index in [9.17, 15) is 5.11 Å². The third-order valence-electron chi connectivity index (χ3n) is 4.97. The van der Waals surface area contributed by atoms with E-state index >= 15 is 0 Å². The molecule has 2 aliphatic rings. The van der Waals surface area contributed by atoms with Gasteiger partial charge >= 0.3 is 0 Å². The molecule has 0 bridgehead atoms. The molecule has 1 aromatic heterocycles. The largest absolute Gasteiger partial charge is 0.508 e. The summed E-state index contributed by atoms with van der Waals surface area (Å²) in [6.45, 7) is 3.87.